The molecule has 2 N–H and O–H groups in total. The number of hydrogen-bond acceptors (Lipinski definition) is 3. The van der Waals surface area contributed by atoms with Gasteiger partial charge >= 0.3 is 0 Å². The van der Waals surface area contributed by atoms with Crippen molar-refractivity contribution >= 4 is 17.3 Å². The second-order valence-corrected chi connectivity index (χ2v) is 2.64. The molecule has 0 saturated carbocycles. The number of rotatable bonds is 2. The zero-order chi connectivity index (χ0) is 10.0. The van der Waals surface area contributed by atoms with Gasteiger partial charge in [-0.3, -0.25) is 0 Å². The Kier molecular flexibility index (Phi) is 2.87. The maximum atomic E-state index is 12.3. The molecule has 72 valence electrons. The van der Waals surface area contributed by atoms with E-state index in [1.807, 2.05) is 0 Å². The summed E-state index contributed by atoms with van der Waals surface area (Å²) in [7, 11) is 1.24. The molecule has 1 aromatic heterocycles. The van der Waals surface area contributed by atoms with Crippen molar-refractivity contribution in [3.05, 3.63) is 16.9 Å². The summed E-state index contributed by atoms with van der Waals surface area (Å²) in [5.41, 5.74) is 4.91. The molecule has 0 aliphatic carbocycles. The number of nitrogens with two attached hydrogens (primary N) is 1. The largest absolute Gasteiger partial charge is 0.492 e. The minimum Gasteiger partial charge on any atom is -0.492 e. The highest BCUT2D eigenvalue weighted by molar-refractivity contribution is 6.29. The summed E-state index contributed by atoms with van der Waals surface area (Å²) in [6.45, 7) is 0. The maximum Gasteiger partial charge on any atom is 0.284 e. The van der Waals surface area contributed by atoms with E-state index in [4.69, 9.17) is 17.3 Å². The van der Waals surface area contributed by atoms with Gasteiger partial charge in [0.05, 0.1) is 12.8 Å². The fourth-order valence-corrected chi connectivity index (χ4v) is 1.12. The Morgan fingerprint density at radius 2 is 2.23 bits per heavy atom. The molecule has 0 atom stereocenters. The molecule has 0 unspecified atom stereocenters. The summed E-state index contributed by atoms with van der Waals surface area (Å²) in [5, 5.41) is -0.0754. The van der Waals surface area contributed by atoms with E-state index in [9.17, 15) is 8.78 Å². The van der Waals surface area contributed by atoms with Gasteiger partial charge in [-0.25, -0.2) is 13.8 Å². The Balaban J connectivity index is 3.29. The quantitative estimate of drug-likeness (QED) is 0.759. The SMILES string of the molecule is COc1c(N)cc(Cl)nc1C(F)F. The van der Waals surface area contributed by atoms with Crippen molar-refractivity contribution in [1.29, 1.82) is 0 Å². The smallest absolute Gasteiger partial charge is 0.284 e. The lowest BCUT2D eigenvalue weighted by Crippen LogP contribution is -2.01. The highest BCUT2D eigenvalue weighted by Gasteiger charge is 2.19. The van der Waals surface area contributed by atoms with E-state index in [0.717, 1.165) is 0 Å². The van der Waals surface area contributed by atoms with E-state index >= 15 is 0 Å². The number of alkyl halides is 2. The molecule has 1 heterocycles. The number of aromatic nitrogens is 1. The minimum atomic E-state index is -2.75. The van der Waals surface area contributed by atoms with Gasteiger partial charge in [-0.2, -0.15) is 0 Å². The van der Waals surface area contributed by atoms with Crippen LogP contribution in [-0.4, -0.2) is 12.1 Å². The van der Waals surface area contributed by atoms with Crippen LogP contribution in [-0.2, 0) is 0 Å². The second kappa shape index (κ2) is 3.74. The molecular weight excluding hydrogens is 202 g/mol. The summed E-state index contributed by atoms with van der Waals surface area (Å²) in [6.07, 6.45) is -2.75. The van der Waals surface area contributed by atoms with Crippen molar-refractivity contribution in [3.63, 3.8) is 0 Å². The predicted octanol–water partition coefficient (Wildman–Crippen LogP) is 2.26. The third kappa shape index (κ3) is 1.98. The average Bonchev–Trinajstić information content (AvgIpc) is 2.02. The van der Waals surface area contributed by atoms with E-state index in [2.05, 4.69) is 9.72 Å². The van der Waals surface area contributed by atoms with Gasteiger partial charge in [0.15, 0.2) is 11.4 Å². The zero-order valence-electron chi connectivity index (χ0n) is 6.72. The predicted molar refractivity (Wildman–Crippen MR) is 45.2 cm³/mol. The Labute approximate surface area is 78.5 Å². The van der Waals surface area contributed by atoms with Crippen LogP contribution in [0.1, 0.15) is 12.1 Å². The molecule has 0 bridgehead atoms. The van der Waals surface area contributed by atoms with Gasteiger partial charge in [0.1, 0.15) is 5.15 Å². The molecule has 0 aliphatic heterocycles. The molecule has 1 rings (SSSR count). The number of nitrogen functional groups attached to an aromatic ring is 1. The Hall–Kier alpha value is -1.10. The van der Waals surface area contributed by atoms with Gasteiger partial charge in [0, 0.05) is 6.07 Å². The topological polar surface area (TPSA) is 48.1 Å². The van der Waals surface area contributed by atoms with E-state index < -0.39 is 12.1 Å². The number of ether oxygens (including phenoxy) is 1. The summed E-state index contributed by atoms with van der Waals surface area (Å²) < 4.78 is 29.3. The van der Waals surface area contributed by atoms with Gasteiger partial charge < -0.3 is 10.5 Å². The van der Waals surface area contributed by atoms with Crippen molar-refractivity contribution in [2.45, 2.75) is 6.43 Å². The van der Waals surface area contributed by atoms with Crippen LogP contribution < -0.4 is 10.5 Å². The normalized spacial score (nSPS) is 10.5. The van der Waals surface area contributed by atoms with Gasteiger partial charge in [-0.15, -0.1) is 0 Å². The molecule has 0 fully saturated rings. The first-order chi connectivity index (χ1) is 6.06. The van der Waals surface area contributed by atoms with Crippen LogP contribution in [0.5, 0.6) is 5.75 Å². The van der Waals surface area contributed by atoms with Gasteiger partial charge in [0.2, 0.25) is 0 Å². The lowest BCUT2D eigenvalue weighted by molar-refractivity contribution is 0.141. The fourth-order valence-electron chi connectivity index (χ4n) is 0.910. The number of anilines is 1. The number of hydrogen-bond donors (Lipinski definition) is 1. The fraction of sp³-hybridized carbons (Fsp3) is 0.286. The van der Waals surface area contributed by atoms with Crippen molar-refractivity contribution in [1.82, 2.24) is 4.98 Å². The van der Waals surface area contributed by atoms with Crippen LogP contribution in [0, 0.1) is 0 Å². The Morgan fingerprint density at radius 3 is 2.69 bits per heavy atom. The van der Waals surface area contributed by atoms with Gasteiger partial charge in [-0.1, -0.05) is 11.6 Å². The Morgan fingerprint density at radius 1 is 1.62 bits per heavy atom. The first-order valence-corrected chi connectivity index (χ1v) is 3.72. The first kappa shape index (κ1) is 9.98. The number of nitrogens with zero attached hydrogens (tertiary/aromatic N) is 1. The number of methoxy groups -OCH3 is 1. The highest BCUT2D eigenvalue weighted by Crippen LogP contribution is 2.33. The molecular formula is C7H7ClF2N2O. The monoisotopic (exact) mass is 208 g/mol. The van der Waals surface area contributed by atoms with Crippen LogP contribution in [0.4, 0.5) is 14.5 Å². The third-order valence-electron chi connectivity index (χ3n) is 1.41. The molecule has 13 heavy (non-hydrogen) atoms. The number of pyridine rings is 1. The summed E-state index contributed by atoms with van der Waals surface area (Å²) >= 11 is 5.44. The molecule has 0 aliphatic rings. The molecule has 0 saturated heterocycles. The molecule has 0 aromatic carbocycles. The van der Waals surface area contributed by atoms with Crippen molar-refractivity contribution in [2.75, 3.05) is 12.8 Å². The highest BCUT2D eigenvalue weighted by atomic mass is 35.5. The van der Waals surface area contributed by atoms with Crippen LogP contribution in [0.25, 0.3) is 0 Å². The van der Waals surface area contributed by atoms with Crippen LogP contribution in [0.3, 0.4) is 0 Å². The lowest BCUT2D eigenvalue weighted by Gasteiger charge is -2.09. The average molecular weight is 209 g/mol. The first-order valence-electron chi connectivity index (χ1n) is 3.34. The third-order valence-corrected chi connectivity index (χ3v) is 1.60. The lowest BCUT2D eigenvalue weighted by atomic mass is 10.3. The van der Waals surface area contributed by atoms with Gasteiger partial charge in [-0.05, 0) is 0 Å². The standard InChI is InChI=1S/C7H7ClF2N2O/c1-13-6-3(11)2-4(8)12-5(6)7(9)10/h2,7H,1H3,(H2,11,12). The van der Waals surface area contributed by atoms with E-state index in [-0.39, 0.29) is 16.6 Å². The summed E-state index contributed by atoms with van der Waals surface area (Å²) in [6, 6.07) is 1.26. The molecule has 0 spiro atoms. The summed E-state index contributed by atoms with van der Waals surface area (Å²) in [5.74, 6) is -0.126. The van der Waals surface area contributed by atoms with Crippen LogP contribution in [0.2, 0.25) is 5.15 Å². The molecule has 1 aromatic rings. The molecule has 0 amide bonds. The maximum absolute atomic E-state index is 12.3. The Bertz CT molecular complexity index is 320. The molecule has 3 nitrogen and oxygen atoms in total. The van der Waals surface area contributed by atoms with Gasteiger partial charge in [0.25, 0.3) is 6.43 Å². The van der Waals surface area contributed by atoms with Crippen molar-refractivity contribution in [3.8, 4) is 5.75 Å². The van der Waals surface area contributed by atoms with Crippen molar-refractivity contribution in [2.24, 2.45) is 0 Å². The van der Waals surface area contributed by atoms with Crippen LogP contribution in [0.15, 0.2) is 6.07 Å². The summed E-state index contributed by atoms with van der Waals surface area (Å²) in [4.78, 5) is 3.41. The zero-order valence-corrected chi connectivity index (χ0v) is 7.48. The molecule has 0 radical (unpaired) electrons. The number of halogens is 3. The van der Waals surface area contributed by atoms with E-state index in [1.165, 1.54) is 13.2 Å². The van der Waals surface area contributed by atoms with Crippen LogP contribution >= 0.6 is 11.6 Å². The van der Waals surface area contributed by atoms with Crippen molar-refractivity contribution < 1.29 is 13.5 Å². The van der Waals surface area contributed by atoms with E-state index in [1.54, 1.807) is 0 Å². The second-order valence-electron chi connectivity index (χ2n) is 2.25. The van der Waals surface area contributed by atoms with E-state index in [0.29, 0.717) is 0 Å². The minimum absolute atomic E-state index is 0.0535. The molecule has 6 heteroatoms.